The average Bonchev–Trinajstić information content (AvgIpc) is 2.13. The Labute approximate surface area is 86.7 Å². The first kappa shape index (κ1) is 12.0. The molecule has 0 unspecified atom stereocenters. The molecule has 0 N–H and O–H groups in total. The molecule has 84 valence electrons. The molecule has 0 aromatic rings. The topological polar surface area (TPSA) is 27.7 Å². The van der Waals surface area contributed by atoms with E-state index in [-0.39, 0.29) is 6.10 Å². The van der Waals surface area contributed by atoms with Gasteiger partial charge in [0, 0.05) is 19.6 Å². The molecule has 1 rings (SSSR count). The summed E-state index contributed by atoms with van der Waals surface area (Å²) in [6.45, 7) is 9.46. The smallest absolute Gasteiger partial charge is 0.283 e. The predicted octanol–water partition coefficient (Wildman–Crippen LogP) is 2.55. The van der Waals surface area contributed by atoms with Crippen molar-refractivity contribution >= 4 is 0 Å². The van der Waals surface area contributed by atoms with E-state index in [4.69, 9.17) is 14.2 Å². The van der Waals surface area contributed by atoms with Gasteiger partial charge in [-0.05, 0) is 33.1 Å². The van der Waals surface area contributed by atoms with Crippen LogP contribution in [0.25, 0.3) is 0 Å². The van der Waals surface area contributed by atoms with Crippen LogP contribution < -0.4 is 0 Å². The Balaban J connectivity index is 2.59. The highest BCUT2D eigenvalue weighted by Crippen LogP contribution is 2.34. The van der Waals surface area contributed by atoms with Crippen LogP contribution in [0.4, 0.5) is 0 Å². The van der Waals surface area contributed by atoms with Crippen molar-refractivity contribution in [3.63, 3.8) is 0 Å². The second-order valence-corrected chi connectivity index (χ2v) is 3.89. The molecule has 0 aromatic carbocycles. The van der Waals surface area contributed by atoms with Crippen molar-refractivity contribution in [2.75, 3.05) is 13.2 Å². The highest BCUT2D eigenvalue weighted by atomic mass is 16.9. The van der Waals surface area contributed by atoms with Crippen molar-refractivity contribution in [1.82, 2.24) is 0 Å². The van der Waals surface area contributed by atoms with Crippen LogP contribution in [-0.2, 0) is 14.2 Å². The van der Waals surface area contributed by atoms with Crippen molar-refractivity contribution in [2.24, 2.45) is 5.92 Å². The fourth-order valence-corrected chi connectivity index (χ4v) is 1.79. The predicted molar refractivity (Wildman–Crippen MR) is 54.9 cm³/mol. The summed E-state index contributed by atoms with van der Waals surface area (Å²) < 4.78 is 17.0. The van der Waals surface area contributed by atoms with Crippen LogP contribution in [0.2, 0.25) is 0 Å². The van der Waals surface area contributed by atoms with E-state index in [1.165, 1.54) is 0 Å². The molecule has 0 radical (unpaired) electrons. The summed E-state index contributed by atoms with van der Waals surface area (Å²) >= 11 is 0. The van der Waals surface area contributed by atoms with Gasteiger partial charge in [0.1, 0.15) is 0 Å². The maximum Gasteiger partial charge on any atom is 0.283 e. The lowest BCUT2D eigenvalue weighted by atomic mass is 9.96. The third-order valence-electron chi connectivity index (χ3n) is 2.80. The van der Waals surface area contributed by atoms with Crippen molar-refractivity contribution in [3.05, 3.63) is 0 Å². The molecule has 0 spiro atoms. The van der Waals surface area contributed by atoms with Crippen LogP contribution in [0.3, 0.4) is 0 Å². The minimum absolute atomic E-state index is 0.210. The van der Waals surface area contributed by atoms with E-state index in [1.54, 1.807) is 0 Å². The SMILES string of the molecule is CCOC1(OCC)CC[C@H](C)[C@@H](C)O1. The molecule has 1 heterocycles. The van der Waals surface area contributed by atoms with Crippen LogP contribution in [0, 0.1) is 5.92 Å². The largest absolute Gasteiger partial charge is 0.328 e. The number of rotatable bonds is 4. The Morgan fingerprint density at radius 1 is 1.21 bits per heavy atom. The van der Waals surface area contributed by atoms with E-state index in [0.29, 0.717) is 19.1 Å². The highest BCUT2D eigenvalue weighted by Gasteiger charge is 2.40. The molecule has 1 fully saturated rings. The summed E-state index contributed by atoms with van der Waals surface area (Å²) in [6, 6.07) is 0. The number of hydrogen-bond donors (Lipinski definition) is 0. The van der Waals surface area contributed by atoms with Crippen LogP contribution >= 0.6 is 0 Å². The molecule has 0 bridgehead atoms. The van der Waals surface area contributed by atoms with Gasteiger partial charge in [0.2, 0.25) is 0 Å². The van der Waals surface area contributed by atoms with Gasteiger partial charge < -0.3 is 14.2 Å². The molecular weight excluding hydrogens is 180 g/mol. The lowest BCUT2D eigenvalue weighted by molar-refractivity contribution is -0.409. The van der Waals surface area contributed by atoms with Crippen LogP contribution in [0.5, 0.6) is 0 Å². The number of ether oxygens (including phenoxy) is 3. The molecular formula is C11H22O3. The summed E-state index contributed by atoms with van der Waals surface area (Å²) in [5, 5.41) is 0. The molecule has 1 aliphatic rings. The molecule has 0 amide bonds. The second-order valence-electron chi connectivity index (χ2n) is 3.89. The van der Waals surface area contributed by atoms with E-state index >= 15 is 0 Å². The van der Waals surface area contributed by atoms with Crippen LogP contribution in [0.15, 0.2) is 0 Å². The Kier molecular flexibility index (Phi) is 4.35. The van der Waals surface area contributed by atoms with Gasteiger partial charge >= 0.3 is 0 Å². The second kappa shape index (κ2) is 5.10. The van der Waals surface area contributed by atoms with E-state index in [9.17, 15) is 0 Å². The quantitative estimate of drug-likeness (QED) is 0.656. The van der Waals surface area contributed by atoms with Gasteiger partial charge in [0.25, 0.3) is 5.97 Å². The lowest BCUT2D eigenvalue weighted by Crippen LogP contribution is -2.47. The molecule has 14 heavy (non-hydrogen) atoms. The zero-order valence-electron chi connectivity index (χ0n) is 9.71. The molecule has 1 saturated heterocycles. The summed E-state index contributed by atoms with van der Waals surface area (Å²) in [6.07, 6.45) is 2.14. The first-order chi connectivity index (χ1) is 6.63. The summed E-state index contributed by atoms with van der Waals surface area (Å²) in [5.41, 5.74) is 0. The Bertz CT molecular complexity index is 164. The zero-order chi connectivity index (χ0) is 10.6. The molecule has 0 saturated carbocycles. The number of hydrogen-bond acceptors (Lipinski definition) is 3. The molecule has 0 aliphatic carbocycles. The normalized spacial score (nSPS) is 31.7. The van der Waals surface area contributed by atoms with Crippen molar-refractivity contribution in [1.29, 1.82) is 0 Å². The van der Waals surface area contributed by atoms with Gasteiger partial charge in [-0.1, -0.05) is 6.92 Å². The summed E-state index contributed by atoms with van der Waals surface area (Å²) in [4.78, 5) is 0. The Morgan fingerprint density at radius 2 is 1.79 bits per heavy atom. The molecule has 1 aliphatic heterocycles. The van der Waals surface area contributed by atoms with Crippen LogP contribution in [-0.4, -0.2) is 25.3 Å². The van der Waals surface area contributed by atoms with E-state index in [0.717, 1.165) is 12.8 Å². The Hall–Kier alpha value is -0.120. The standard InChI is InChI=1S/C11H22O3/c1-5-12-11(13-6-2)8-7-9(3)10(4)14-11/h9-10H,5-8H2,1-4H3/t9-,10+/m0/s1. The van der Waals surface area contributed by atoms with E-state index in [1.807, 2.05) is 13.8 Å². The van der Waals surface area contributed by atoms with Crippen molar-refractivity contribution in [2.45, 2.75) is 52.6 Å². The van der Waals surface area contributed by atoms with E-state index < -0.39 is 5.97 Å². The first-order valence-corrected chi connectivity index (χ1v) is 5.59. The maximum absolute atomic E-state index is 5.82. The van der Waals surface area contributed by atoms with Gasteiger partial charge in [-0.2, -0.15) is 0 Å². The minimum atomic E-state index is -0.768. The maximum atomic E-state index is 5.82. The van der Waals surface area contributed by atoms with Crippen molar-refractivity contribution < 1.29 is 14.2 Å². The monoisotopic (exact) mass is 202 g/mol. The average molecular weight is 202 g/mol. The Morgan fingerprint density at radius 3 is 2.21 bits per heavy atom. The fourth-order valence-electron chi connectivity index (χ4n) is 1.79. The summed E-state index contributed by atoms with van der Waals surface area (Å²) in [7, 11) is 0. The third kappa shape index (κ3) is 2.69. The minimum Gasteiger partial charge on any atom is -0.328 e. The van der Waals surface area contributed by atoms with Crippen molar-refractivity contribution in [3.8, 4) is 0 Å². The third-order valence-corrected chi connectivity index (χ3v) is 2.80. The lowest BCUT2D eigenvalue weighted by Gasteiger charge is -2.41. The molecule has 2 atom stereocenters. The first-order valence-electron chi connectivity index (χ1n) is 5.59. The van der Waals surface area contributed by atoms with Gasteiger partial charge in [0.05, 0.1) is 6.10 Å². The summed E-state index contributed by atoms with van der Waals surface area (Å²) in [5.74, 6) is -0.181. The molecule has 3 heteroatoms. The zero-order valence-corrected chi connectivity index (χ0v) is 9.71. The van der Waals surface area contributed by atoms with Gasteiger partial charge in [-0.25, -0.2) is 0 Å². The fraction of sp³-hybridized carbons (Fsp3) is 1.00. The molecule has 0 aromatic heterocycles. The molecule has 3 nitrogen and oxygen atoms in total. The van der Waals surface area contributed by atoms with Gasteiger partial charge in [-0.15, -0.1) is 0 Å². The van der Waals surface area contributed by atoms with Gasteiger partial charge in [-0.3, -0.25) is 0 Å². The highest BCUT2D eigenvalue weighted by molar-refractivity contribution is 4.74. The van der Waals surface area contributed by atoms with Crippen LogP contribution in [0.1, 0.15) is 40.5 Å². The van der Waals surface area contributed by atoms with E-state index in [2.05, 4.69) is 13.8 Å². The van der Waals surface area contributed by atoms with Gasteiger partial charge in [0.15, 0.2) is 0 Å².